The maximum Gasteiger partial charge on any atom is 0.305 e. The largest absolute Gasteiger partial charge is 0.508 e. The summed E-state index contributed by atoms with van der Waals surface area (Å²) in [5, 5.41) is 42.5. The highest BCUT2D eigenvalue weighted by Gasteiger charge is 2.20. The number of carboxylic acid groups (broad SMARTS) is 1. The summed E-state index contributed by atoms with van der Waals surface area (Å²) in [6.45, 7) is 2.18. The van der Waals surface area contributed by atoms with Crippen LogP contribution in [-0.2, 0) is 9.59 Å². The number of aliphatic imine (C=N–C) groups is 1. The lowest BCUT2D eigenvalue weighted by atomic mass is 9.94. The molecule has 0 aromatic heterocycles. The molecular formula is C33H33N5O6. The number of carbonyl (C=O) groups is 3. The van der Waals surface area contributed by atoms with Crippen molar-refractivity contribution in [3.8, 4) is 16.9 Å². The predicted octanol–water partition coefficient (Wildman–Crippen LogP) is 3.31. The molecule has 2 amide bonds. The molecular weight excluding hydrogens is 562 g/mol. The molecule has 2 atom stereocenters. The van der Waals surface area contributed by atoms with Crippen LogP contribution in [0.15, 0.2) is 83.9 Å². The van der Waals surface area contributed by atoms with Crippen LogP contribution in [0.25, 0.3) is 21.9 Å². The maximum absolute atomic E-state index is 12.8. The van der Waals surface area contributed by atoms with Crippen molar-refractivity contribution in [3.63, 3.8) is 0 Å². The lowest BCUT2D eigenvalue weighted by Crippen LogP contribution is -2.42. The normalized spacial score (nSPS) is 15.0. The highest BCUT2D eigenvalue weighted by molar-refractivity contribution is 6.00. The number of rotatable bonds is 9. The maximum atomic E-state index is 12.8. The van der Waals surface area contributed by atoms with Crippen molar-refractivity contribution >= 4 is 40.2 Å². The van der Waals surface area contributed by atoms with Crippen molar-refractivity contribution in [3.05, 3.63) is 95.6 Å². The number of fused-ring (bicyclic) bond motifs is 1. The molecule has 1 aliphatic rings. The third-order valence-corrected chi connectivity index (χ3v) is 7.30. The molecule has 0 aliphatic carbocycles. The molecule has 11 heteroatoms. The van der Waals surface area contributed by atoms with Crippen molar-refractivity contribution < 1.29 is 29.7 Å². The fourth-order valence-electron chi connectivity index (χ4n) is 5.10. The number of β-amino-alcohol motifs (C(OH)–C–C–N with tert-alkyl or cyclic N) is 1. The number of nitrogens with one attached hydrogen (secondary N) is 4. The van der Waals surface area contributed by atoms with E-state index >= 15 is 0 Å². The lowest BCUT2D eigenvalue weighted by Gasteiger charge is -2.20. The zero-order chi connectivity index (χ0) is 31.2. The average molecular weight is 596 g/mol. The van der Waals surface area contributed by atoms with Gasteiger partial charge in [-0.2, -0.15) is 0 Å². The molecule has 1 aliphatic heterocycles. The van der Waals surface area contributed by atoms with Gasteiger partial charge in [0.1, 0.15) is 5.75 Å². The topological polar surface area (TPSA) is 172 Å². The summed E-state index contributed by atoms with van der Waals surface area (Å²) in [6, 6.07) is 23.0. The Balaban J connectivity index is 1.24. The quantitative estimate of drug-likeness (QED) is 0.154. The van der Waals surface area contributed by atoms with Gasteiger partial charge < -0.3 is 36.6 Å². The molecule has 0 radical (unpaired) electrons. The smallest absolute Gasteiger partial charge is 0.305 e. The van der Waals surface area contributed by atoms with Crippen LogP contribution < -0.4 is 21.3 Å². The monoisotopic (exact) mass is 595 g/mol. The van der Waals surface area contributed by atoms with Crippen molar-refractivity contribution in [2.24, 2.45) is 4.99 Å². The second kappa shape index (κ2) is 13.3. The number of phenolic OH excluding ortho intramolecular Hbond substituents is 1. The summed E-state index contributed by atoms with van der Waals surface area (Å²) < 4.78 is 0. The molecule has 44 heavy (non-hydrogen) atoms. The molecule has 0 saturated carbocycles. The van der Waals surface area contributed by atoms with Crippen LogP contribution in [0.4, 0.5) is 5.69 Å². The van der Waals surface area contributed by atoms with Gasteiger partial charge in [0.15, 0.2) is 5.96 Å². The van der Waals surface area contributed by atoms with Gasteiger partial charge in [0.25, 0.3) is 5.91 Å². The van der Waals surface area contributed by atoms with Crippen LogP contribution >= 0.6 is 0 Å². The molecule has 11 nitrogen and oxygen atoms in total. The minimum Gasteiger partial charge on any atom is -0.508 e. The summed E-state index contributed by atoms with van der Waals surface area (Å²) in [5.41, 5.74) is 4.27. The summed E-state index contributed by atoms with van der Waals surface area (Å²) in [4.78, 5) is 41.4. The van der Waals surface area contributed by atoms with Crippen LogP contribution in [-0.4, -0.2) is 64.8 Å². The van der Waals surface area contributed by atoms with E-state index in [-0.39, 0.29) is 24.3 Å². The lowest BCUT2D eigenvalue weighted by molar-refractivity contribution is -0.137. The number of anilines is 1. The minimum atomic E-state index is -1.08. The minimum absolute atomic E-state index is 0.0954. The van der Waals surface area contributed by atoms with Crippen LogP contribution in [0.2, 0.25) is 0 Å². The van der Waals surface area contributed by atoms with Gasteiger partial charge in [0.2, 0.25) is 5.91 Å². The van der Waals surface area contributed by atoms with Gasteiger partial charge in [-0.25, -0.2) is 0 Å². The Kier molecular flexibility index (Phi) is 9.06. The summed E-state index contributed by atoms with van der Waals surface area (Å²) >= 11 is 0. The van der Waals surface area contributed by atoms with Gasteiger partial charge in [-0.3, -0.25) is 19.4 Å². The fraction of sp³-hybridized carbons (Fsp3) is 0.212. The summed E-state index contributed by atoms with van der Waals surface area (Å²) in [6.07, 6.45) is -0.936. The molecule has 0 bridgehead atoms. The van der Waals surface area contributed by atoms with E-state index in [9.17, 15) is 29.7 Å². The van der Waals surface area contributed by atoms with Crippen LogP contribution in [0, 0.1) is 6.92 Å². The second-order valence-electron chi connectivity index (χ2n) is 10.6. The molecule has 1 heterocycles. The Bertz CT molecular complexity index is 1740. The van der Waals surface area contributed by atoms with Gasteiger partial charge >= 0.3 is 5.97 Å². The highest BCUT2D eigenvalue weighted by atomic mass is 16.4. The third kappa shape index (κ3) is 7.31. The number of benzene rings is 4. The summed E-state index contributed by atoms with van der Waals surface area (Å²) in [5.74, 6) is -2.06. The molecule has 0 fully saturated rings. The van der Waals surface area contributed by atoms with E-state index in [0.29, 0.717) is 23.8 Å². The Morgan fingerprint density at radius 2 is 1.75 bits per heavy atom. The molecule has 4 aromatic rings. The molecule has 4 aromatic carbocycles. The standard InChI is InChI=1S/C33H33N5O6/c1-19-6-11-27(28-5-3-2-4-26(19)28)20-7-9-21(10-8-20)29(15-31(42)43)38-30(41)18-34-32(44)22-12-23(14-24(39)13-22)37-33-35-16-25(40)17-36-33/h2-14,25,29,39-40H,15-18H2,1H3,(H,34,44)(H,38,41)(H,42,43)(H2,35,36,37)/t29-/m0/s1. The first-order chi connectivity index (χ1) is 21.2. The van der Waals surface area contributed by atoms with E-state index in [1.165, 1.54) is 23.8 Å². The van der Waals surface area contributed by atoms with Gasteiger partial charge in [-0.1, -0.05) is 60.7 Å². The number of aromatic hydroxyl groups is 1. The molecule has 5 rings (SSSR count). The number of amides is 2. The van der Waals surface area contributed by atoms with E-state index < -0.39 is 36.5 Å². The van der Waals surface area contributed by atoms with Crippen molar-refractivity contribution in [1.29, 1.82) is 0 Å². The summed E-state index contributed by atoms with van der Waals surface area (Å²) in [7, 11) is 0. The highest BCUT2D eigenvalue weighted by Crippen LogP contribution is 2.31. The predicted molar refractivity (Wildman–Crippen MR) is 168 cm³/mol. The van der Waals surface area contributed by atoms with Crippen molar-refractivity contribution in [1.82, 2.24) is 16.0 Å². The third-order valence-electron chi connectivity index (χ3n) is 7.30. The van der Waals surface area contributed by atoms with Crippen LogP contribution in [0.3, 0.4) is 0 Å². The molecule has 1 unspecified atom stereocenters. The number of guanidine groups is 1. The van der Waals surface area contributed by atoms with E-state index in [1.807, 2.05) is 24.3 Å². The number of aryl methyl sites for hydroxylation is 1. The number of nitrogens with zero attached hydrogens (tertiary/aromatic N) is 1. The number of aliphatic hydroxyl groups is 1. The molecule has 7 N–H and O–H groups in total. The first-order valence-electron chi connectivity index (χ1n) is 14.1. The number of carbonyl (C=O) groups excluding carboxylic acids is 2. The Hall–Kier alpha value is -5.42. The number of aliphatic hydroxyl groups excluding tert-OH is 1. The first-order valence-corrected chi connectivity index (χ1v) is 14.1. The zero-order valence-corrected chi connectivity index (χ0v) is 24.0. The Morgan fingerprint density at radius 1 is 1.00 bits per heavy atom. The van der Waals surface area contributed by atoms with E-state index in [1.54, 1.807) is 12.1 Å². The van der Waals surface area contributed by atoms with Gasteiger partial charge in [0, 0.05) is 23.9 Å². The van der Waals surface area contributed by atoms with Gasteiger partial charge in [-0.05, 0) is 52.1 Å². The average Bonchev–Trinajstić information content (AvgIpc) is 3.01. The molecule has 0 saturated heterocycles. The second-order valence-corrected chi connectivity index (χ2v) is 10.6. The number of hydrogen-bond donors (Lipinski definition) is 7. The van der Waals surface area contributed by atoms with E-state index in [0.717, 1.165) is 21.9 Å². The van der Waals surface area contributed by atoms with Crippen LogP contribution in [0.5, 0.6) is 5.75 Å². The van der Waals surface area contributed by atoms with E-state index in [2.05, 4.69) is 57.4 Å². The van der Waals surface area contributed by atoms with Crippen LogP contribution in [0.1, 0.15) is 33.9 Å². The van der Waals surface area contributed by atoms with Crippen molar-refractivity contribution in [2.45, 2.75) is 25.5 Å². The number of hydrogen-bond acceptors (Lipinski definition) is 8. The molecule has 0 spiro atoms. The Morgan fingerprint density at radius 3 is 2.45 bits per heavy atom. The van der Waals surface area contributed by atoms with Gasteiger partial charge in [-0.15, -0.1) is 0 Å². The molecule has 226 valence electrons. The van der Waals surface area contributed by atoms with E-state index in [4.69, 9.17) is 0 Å². The first kappa shape index (κ1) is 30.1. The zero-order valence-electron chi connectivity index (χ0n) is 24.0. The SMILES string of the molecule is Cc1ccc(-c2ccc([C@H](CC(=O)O)NC(=O)CNC(=O)c3cc(O)cc(NC4=NCC(O)CN4)c3)cc2)c2ccccc12. The number of aliphatic carboxylic acids is 1. The fourth-order valence-corrected chi connectivity index (χ4v) is 5.10. The van der Waals surface area contributed by atoms with Gasteiger partial charge in [0.05, 0.1) is 31.7 Å². The Labute approximate surface area is 253 Å². The van der Waals surface area contributed by atoms with Crippen molar-refractivity contribution in [2.75, 3.05) is 25.0 Å². The number of phenols is 1. The number of carboxylic acids is 1.